The van der Waals surface area contributed by atoms with Gasteiger partial charge in [-0.25, -0.2) is 0 Å². The SMILES string of the molecule is O=C(Nc1ccc(C(=O)N2CCC[C@H](c3nnc4ccccn34)C2)s1)c1ccco1. The van der Waals surface area contributed by atoms with E-state index in [1.165, 1.54) is 17.6 Å². The second kappa shape index (κ2) is 7.75. The highest BCUT2D eigenvalue weighted by Crippen LogP contribution is 2.29. The fraction of sp³-hybridized carbons (Fsp3) is 0.238. The van der Waals surface area contributed by atoms with E-state index in [4.69, 9.17) is 4.42 Å². The molecule has 1 N–H and O–H groups in total. The zero-order valence-electron chi connectivity index (χ0n) is 16.0. The van der Waals surface area contributed by atoms with Gasteiger partial charge >= 0.3 is 0 Å². The second-order valence-electron chi connectivity index (χ2n) is 7.17. The molecule has 0 aromatic carbocycles. The van der Waals surface area contributed by atoms with E-state index in [2.05, 4.69) is 15.5 Å². The predicted molar refractivity (Wildman–Crippen MR) is 112 cm³/mol. The maximum Gasteiger partial charge on any atom is 0.291 e. The van der Waals surface area contributed by atoms with E-state index in [-0.39, 0.29) is 23.5 Å². The van der Waals surface area contributed by atoms with Crippen LogP contribution in [0.1, 0.15) is 44.8 Å². The number of nitrogens with zero attached hydrogens (tertiary/aromatic N) is 4. The molecule has 4 aromatic heterocycles. The first kappa shape index (κ1) is 18.6. The van der Waals surface area contributed by atoms with E-state index in [9.17, 15) is 9.59 Å². The number of rotatable bonds is 4. The van der Waals surface area contributed by atoms with Crippen LogP contribution in [0.25, 0.3) is 5.65 Å². The minimum absolute atomic E-state index is 0.0305. The van der Waals surface area contributed by atoms with E-state index in [1.807, 2.05) is 33.7 Å². The molecular formula is C21H19N5O3S. The Morgan fingerprint density at radius 1 is 1.13 bits per heavy atom. The van der Waals surface area contributed by atoms with Gasteiger partial charge in [0.1, 0.15) is 5.82 Å². The number of hydrogen-bond acceptors (Lipinski definition) is 6. The molecule has 152 valence electrons. The highest BCUT2D eigenvalue weighted by atomic mass is 32.1. The third kappa shape index (κ3) is 3.48. The highest BCUT2D eigenvalue weighted by molar-refractivity contribution is 7.18. The molecule has 1 atom stereocenters. The molecule has 0 unspecified atom stereocenters. The largest absolute Gasteiger partial charge is 0.459 e. The third-order valence-electron chi connectivity index (χ3n) is 5.21. The number of thiophene rings is 1. The van der Waals surface area contributed by atoms with Crippen molar-refractivity contribution in [2.75, 3.05) is 18.4 Å². The van der Waals surface area contributed by atoms with Gasteiger partial charge in [-0.15, -0.1) is 21.5 Å². The number of fused-ring (bicyclic) bond motifs is 1. The van der Waals surface area contributed by atoms with Gasteiger partial charge in [0.25, 0.3) is 11.8 Å². The van der Waals surface area contributed by atoms with Gasteiger partial charge in [-0.3, -0.25) is 14.0 Å². The lowest BCUT2D eigenvalue weighted by Gasteiger charge is -2.31. The van der Waals surface area contributed by atoms with Gasteiger partial charge in [-0.2, -0.15) is 0 Å². The van der Waals surface area contributed by atoms with Crippen LogP contribution in [0.4, 0.5) is 5.00 Å². The monoisotopic (exact) mass is 421 g/mol. The Labute approximate surface area is 176 Å². The molecule has 0 spiro atoms. The maximum absolute atomic E-state index is 13.1. The van der Waals surface area contributed by atoms with Gasteiger partial charge < -0.3 is 14.6 Å². The molecule has 2 amide bonds. The van der Waals surface area contributed by atoms with Crippen LogP contribution < -0.4 is 5.32 Å². The van der Waals surface area contributed by atoms with Gasteiger partial charge in [-0.1, -0.05) is 6.07 Å². The first-order valence-electron chi connectivity index (χ1n) is 9.72. The van der Waals surface area contributed by atoms with E-state index < -0.39 is 0 Å². The van der Waals surface area contributed by atoms with Crippen molar-refractivity contribution in [2.24, 2.45) is 0 Å². The topological polar surface area (TPSA) is 92.7 Å². The van der Waals surface area contributed by atoms with Crippen LogP contribution in [0.5, 0.6) is 0 Å². The number of aromatic nitrogens is 3. The molecule has 1 fully saturated rings. The van der Waals surface area contributed by atoms with E-state index in [0.717, 1.165) is 24.3 Å². The molecule has 0 radical (unpaired) electrons. The molecule has 30 heavy (non-hydrogen) atoms. The molecule has 0 bridgehead atoms. The summed E-state index contributed by atoms with van der Waals surface area (Å²) in [6.07, 6.45) is 5.28. The van der Waals surface area contributed by atoms with Gasteiger partial charge in [-0.05, 0) is 49.2 Å². The van der Waals surface area contributed by atoms with Crippen LogP contribution in [-0.2, 0) is 0 Å². The summed E-state index contributed by atoms with van der Waals surface area (Å²) in [6, 6.07) is 12.6. The number of carbonyl (C=O) groups excluding carboxylic acids is 2. The summed E-state index contributed by atoms with van der Waals surface area (Å²) < 4.78 is 7.09. The van der Waals surface area contributed by atoms with Gasteiger partial charge in [0.15, 0.2) is 11.4 Å². The normalized spacial score (nSPS) is 16.7. The number of likely N-dealkylation sites (tertiary alicyclic amines) is 1. The molecular weight excluding hydrogens is 402 g/mol. The molecule has 0 saturated carbocycles. The highest BCUT2D eigenvalue weighted by Gasteiger charge is 2.29. The van der Waals surface area contributed by atoms with Crippen molar-refractivity contribution in [3.05, 3.63) is 71.4 Å². The fourth-order valence-corrected chi connectivity index (χ4v) is 4.64. The van der Waals surface area contributed by atoms with Crippen LogP contribution in [-0.4, -0.2) is 44.4 Å². The lowest BCUT2D eigenvalue weighted by Crippen LogP contribution is -2.39. The second-order valence-corrected chi connectivity index (χ2v) is 8.26. The van der Waals surface area contributed by atoms with Crippen molar-refractivity contribution >= 4 is 33.8 Å². The van der Waals surface area contributed by atoms with Crippen LogP contribution in [0.3, 0.4) is 0 Å². The number of nitrogens with one attached hydrogen (secondary N) is 1. The minimum Gasteiger partial charge on any atom is -0.459 e. The van der Waals surface area contributed by atoms with Gasteiger partial charge in [0, 0.05) is 25.2 Å². The fourth-order valence-electron chi connectivity index (χ4n) is 3.77. The Morgan fingerprint density at radius 3 is 2.93 bits per heavy atom. The molecule has 0 aliphatic carbocycles. The number of furan rings is 1. The Morgan fingerprint density at radius 2 is 2.07 bits per heavy atom. The average molecular weight is 421 g/mol. The lowest BCUT2D eigenvalue weighted by molar-refractivity contribution is 0.0709. The molecule has 5 rings (SSSR count). The molecule has 4 aromatic rings. The van der Waals surface area contributed by atoms with Crippen molar-refractivity contribution in [3.8, 4) is 0 Å². The predicted octanol–water partition coefficient (Wildman–Crippen LogP) is 3.66. The number of anilines is 1. The van der Waals surface area contributed by atoms with Crippen LogP contribution in [0.2, 0.25) is 0 Å². The lowest BCUT2D eigenvalue weighted by atomic mass is 9.97. The first-order chi connectivity index (χ1) is 14.7. The van der Waals surface area contributed by atoms with Crippen LogP contribution in [0, 0.1) is 0 Å². The van der Waals surface area contributed by atoms with Crippen molar-refractivity contribution in [3.63, 3.8) is 0 Å². The summed E-state index contributed by atoms with van der Waals surface area (Å²) in [4.78, 5) is 27.7. The Hall–Kier alpha value is -3.46. The summed E-state index contributed by atoms with van der Waals surface area (Å²) in [6.45, 7) is 1.30. The summed E-state index contributed by atoms with van der Waals surface area (Å²) in [5.74, 6) is 0.893. The van der Waals surface area contributed by atoms with Gasteiger partial charge in [0.05, 0.1) is 16.1 Å². The van der Waals surface area contributed by atoms with E-state index in [1.54, 1.807) is 24.3 Å². The molecule has 5 heterocycles. The Balaban J connectivity index is 1.29. The zero-order chi connectivity index (χ0) is 20.5. The average Bonchev–Trinajstić information content (AvgIpc) is 3.53. The van der Waals surface area contributed by atoms with Crippen molar-refractivity contribution in [1.29, 1.82) is 0 Å². The Bertz CT molecular complexity index is 1200. The van der Waals surface area contributed by atoms with Crippen molar-refractivity contribution < 1.29 is 14.0 Å². The number of pyridine rings is 1. The number of hydrogen-bond donors (Lipinski definition) is 1. The van der Waals surface area contributed by atoms with Crippen LogP contribution in [0.15, 0.2) is 59.3 Å². The molecule has 9 heteroatoms. The standard InChI is InChI=1S/C21H19N5O3S/c27-20(15-6-4-12-29-15)22-18-9-8-16(30-18)21(28)25-10-3-5-14(13-25)19-24-23-17-7-1-2-11-26(17)19/h1-2,4,6-9,11-12,14H,3,5,10,13H2,(H,22,27)/t14-/m0/s1. The smallest absolute Gasteiger partial charge is 0.291 e. The van der Waals surface area contributed by atoms with Crippen molar-refractivity contribution in [2.45, 2.75) is 18.8 Å². The maximum atomic E-state index is 13.1. The quantitative estimate of drug-likeness (QED) is 0.543. The zero-order valence-corrected chi connectivity index (χ0v) is 16.8. The summed E-state index contributed by atoms with van der Waals surface area (Å²) in [7, 11) is 0. The molecule has 8 nitrogen and oxygen atoms in total. The van der Waals surface area contributed by atoms with E-state index >= 15 is 0 Å². The number of amides is 2. The van der Waals surface area contributed by atoms with Crippen molar-refractivity contribution in [1.82, 2.24) is 19.5 Å². The van der Waals surface area contributed by atoms with E-state index in [0.29, 0.717) is 23.0 Å². The summed E-state index contributed by atoms with van der Waals surface area (Å²) in [5, 5.41) is 12.0. The minimum atomic E-state index is -0.336. The number of piperidine rings is 1. The molecule has 1 aliphatic heterocycles. The Kier molecular flexibility index (Phi) is 4.80. The molecule has 1 saturated heterocycles. The summed E-state index contributed by atoms with van der Waals surface area (Å²) >= 11 is 1.26. The number of carbonyl (C=O) groups is 2. The molecule has 1 aliphatic rings. The van der Waals surface area contributed by atoms with Crippen LogP contribution >= 0.6 is 11.3 Å². The summed E-state index contributed by atoms with van der Waals surface area (Å²) in [5.41, 5.74) is 0.811. The third-order valence-corrected chi connectivity index (χ3v) is 6.20. The first-order valence-corrected chi connectivity index (χ1v) is 10.5. The van der Waals surface area contributed by atoms with Gasteiger partial charge in [0.2, 0.25) is 0 Å².